The average molecular weight is 885 g/mol. The highest BCUT2D eigenvalue weighted by Crippen LogP contribution is 2.30. The Bertz CT molecular complexity index is 2130. The van der Waals surface area contributed by atoms with E-state index in [1.807, 2.05) is 0 Å². The van der Waals surface area contributed by atoms with Gasteiger partial charge in [0.1, 0.15) is 4.90 Å². The standard InChI is InChI=1S/C32H44N12O14S2/c45-13-21(49)9-33-27-39-28(34-10-22(50)14-46)42-31(41-27)37-19-5-3-17(25(7-19)58-59(53)54)1-2-18-4-6-20(8-26(18)60(55,56)57)38-32-43-29(35-11-23(51)15-47)40-30(44-32)36-12-24(52)16-48/h1-8,21-24,45-52H,9-16H2,(H,53,54)(H,55,56,57)(H3,33,34,37,39,41,42)(H3,35,36,38,40,43,44)/b2-1+. The van der Waals surface area contributed by atoms with Crippen LogP contribution in [0.1, 0.15) is 11.1 Å². The van der Waals surface area contributed by atoms with Crippen LogP contribution in [-0.4, -0.2) is 170 Å². The molecule has 0 fully saturated rings. The quantitative estimate of drug-likeness (QED) is 0.0186. The first-order valence-electron chi connectivity index (χ1n) is 17.5. The van der Waals surface area contributed by atoms with Gasteiger partial charge >= 0.3 is 11.4 Å². The molecular weight excluding hydrogens is 841 g/mol. The lowest BCUT2D eigenvalue weighted by Gasteiger charge is -2.14. The molecule has 0 spiro atoms. The number of aliphatic hydroxyl groups excluding tert-OH is 8. The molecule has 328 valence electrons. The fraction of sp³-hybridized carbons (Fsp3) is 0.375. The molecule has 0 amide bonds. The number of hydrogen-bond acceptors (Lipinski definition) is 24. The lowest BCUT2D eigenvalue weighted by Crippen LogP contribution is -2.26. The van der Waals surface area contributed by atoms with Gasteiger partial charge < -0.3 is 76.9 Å². The van der Waals surface area contributed by atoms with Crippen molar-refractivity contribution < 1.29 is 66.8 Å². The fourth-order valence-electron chi connectivity index (χ4n) is 4.58. The number of aliphatic hydroxyl groups is 8. The van der Waals surface area contributed by atoms with Crippen LogP contribution in [-0.2, 0) is 21.5 Å². The highest BCUT2D eigenvalue weighted by Gasteiger charge is 2.18. The van der Waals surface area contributed by atoms with Gasteiger partial charge in [-0.05, 0) is 29.8 Å². The summed E-state index contributed by atoms with van der Waals surface area (Å²) in [4.78, 5) is 24.3. The normalized spacial score (nSPS) is 14.2. The number of nitrogens with one attached hydrogen (secondary N) is 6. The Morgan fingerprint density at radius 2 is 0.933 bits per heavy atom. The predicted octanol–water partition coefficient (Wildman–Crippen LogP) is -2.46. The van der Waals surface area contributed by atoms with Gasteiger partial charge in [0.05, 0.1) is 50.8 Å². The largest absolute Gasteiger partial charge is 0.394 e. The second-order valence-electron chi connectivity index (χ2n) is 12.3. The molecule has 4 aromatic rings. The molecule has 5 atom stereocenters. The summed E-state index contributed by atoms with van der Waals surface area (Å²) < 4.78 is 61.7. The van der Waals surface area contributed by atoms with E-state index in [1.54, 1.807) is 0 Å². The van der Waals surface area contributed by atoms with E-state index in [-0.39, 0.29) is 90.1 Å². The SMILES string of the molecule is O=S(O)Oc1cc(Nc2nc(NCC(O)CO)nc(NCC(O)CO)n2)ccc1/C=C/c1ccc(Nc2nc(NCC(O)CO)nc(NCC(O)CO)n2)cc1S(=O)(=O)O. The topological polar surface area (TPSA) is 412 Å². The average Bonchev–Trinajstić information content (AvgIpc) is 3.22. The minimum absolute atomic E-state index is 0.0412. The Kier molecular flexibility index (Phi) is 17.9. The van der Waals surface area contributed by atoms with Crippen molar-refractivity contribution in [3.8, 4) is 5.75 Å². The van der Waals surface area contributed by atoms with Gasteiger partial charge in [-0.3, -0.25) is 9.11 Å². The van der Waals surface area contributed by atoms with E-state index in [4.69, 9.17) is 24.6 Å². The number of aromatic nitrogens is 6. The van der Waals surface area contributed by atoms with Crippen molar-refractivity contribution in [3.05, 3.63) is 47.5 Å². The summed E-state index contributed by atoms with van der Waals surface area (Å²) in [5.74, 6) is -0.774. The molecule has 0 aliphatic rings. The summed E-state index contributed by atoms with van der Waals surface area (Å²) in [6.07, 6.45) is -2.02. The molecule has 60 heavy (non-hydrogen) atoms. The monoisotopic (exact) mass is 884 g/mol. The maximum Gasteiger partial charge on any atom is 0.357 e. The van der Waals surface area contributed by atoms with Crippen molar-refractivity contribution in [2.75, 3.05) is 84.5 Å². The summed E-state index contributed by atoms with van der Waals surface area (Å²) in [6.45, 7) is -2.84. The third kappa shape index (κ3) is 15.3. The lowest BCUT2D eigenvalue weighted by molar-refractivity contribution is 0.105. The first kappa shape index (κ1) is 47.2. The van der Waals surface area contributed by atoms with Crippen LogP contribution in [0.5, 0.6) is 5.75 Å². The molecular formula is C32H44N12O14S2. The Balaban J connectivity index is 1.62. The third-order valence-electron chi connectivity index (χ3n) is 7.52. The first-order valence-corrected chi connectivity index (χ1v) is 20.0. The van der Waals surface area contributed by atoms with Crippen molar-refractivity contribution in [3.63, 3.8) is 0 Å². The second-order valence-corrected chi connectivity index (χ2v) is 14.3. The first-order chi connectivity index (χ1) is 28.6. The van der Waals surface area contributed by atoms with Gasteiger partial charge in [-0.25, -0.2) is 0 Å². The van der Waals surface area contributed by atoms with Crippen LogP contribution in [0, 0.1) is 0 Å². The molecule has 5 unspecified atom stereocenters. The number of nitrogens with zero attached hydrogens (tertiary/aromatic N) is 6. The third-order valence-corrected chi connectivity index (χ3v) is 8.75. The van der Waals surface area contributed by atoms with E-state index in [0.717, 1.165) is 6.07 Å². The van der Waals surface area contributed by atoms with Gasteiger partial charge in [0.25, 0.3) is 10.1 Å². The van der Waals surface area contributed by atoms with Gasteiger partial charge in [0, 0.05) is 49.2 Å². The Morgan fingerprint density at radius 3 is 1.30 bits per heavy atom. The van der Waals surface area contributed by atoms with Crippen LogP contribution in [0.3, 0.4) is 0 Å². The minimum atomic E-state index is -4.89. The molecule has 0 saturated heterocycles. The Morgan fingerprint density at radius 1 is 0.583 bits per heavy atom. The van der Waals surface area contributed by atoms with E-state index in [2.05, 4.69) is 61.8 Å². The van der Waals surface area contributed by atoms with E-state index >= 15 is 0 Å². The fourth-order valence-corrected chi connectivity index (χ4v) is 5.59. The molecule has 26 nitrogen and oxygen atoms in total. The van der Waals surface area contributed by atoms with Crippen molar-refractivity contribution in [2.24, 2.45) is 0 Å². The molecule has 2 heterocycles. The maximum absolute atomic E-state index is 12.6. The summed E-state index contributed by atoms with van der Waals surface area (Å²) >= 11 is -2.83. The van der Waals surface area contributed by atoms with E-state index < -0.39 is 77.2 Å². The van der Waals surface area contributed by atoms with Crippen LogP contribution in [0.2, 0.25) is 0 Å². The molecule has 28 heteroatoms. The van der Waals surface area contributed by atoms with Crippen molar-refractivity contribution in [1.82, 2.24) is 29.9 Å². The van der Waals surface area contributed by atoms with E-state index in [0.29, 0.717) is 0 Å². The van der Waals surface area contributed by atoms with Gasteiger partial charge in [-0.15, -0.1) is 0 Å². The Hall–Kier alpha value is -5.50. The van der Waals surface area contributed by atoms with E-state index in [1.165, 1.54) is 42.5 Å². The molecule has 0 aliphatic heterocycles. The molecule has 0 radical (unpaired) electrons. The zero-order valence-corrected chi connectivity index (χ0v) is 32.8. The lowest BCUT2D eigenvalue weighted by atomic mass is 10.1. The molecule has 4 rings (SSSR count). The summed E-state index contributed by atoms with van der Waals surface area (Å²) in [5.41, 5.74) is 0.388. The van der Waals surface area contributed by atoms with Crippen LogP contribution in [0.15, 0.2) is 41.3 Å². The summed E-state index contributed by atoms with van der Waals surface area (Å²) in [5, 5.41) is 91.9. The van der Waals surface area contributed by atoms with Crippen molar-refractivity contribution >= 4 is 80.7 Å². The van der Waals surface area contributed by atoms with Gasteiger partial charge in [0.2, 0.25) is 35.7 Å². The molecule has 2 aromatic carbocycles. The summed E-state index contributed by atoms with van der Waals surface area (Å²) in [7, 11) is -4.89. The van der Waals surface area contributed by atoms with Crippen LogP contribution in [0.25, 0.3) is 12.2 Å². The zero-order valence-electron chi connectivity index (χ0n) is 31.2. The number of anilines is 8. The van der Waals surface area contributed by atoms with Crippen molar-refractivity contribution in [2.45, 2.75) is 29.3 Å². The zero-order chi connectivity index (χ0) is 43.8. The van der Waals surface area contributed by atoms with Gasteiger partial charge in [-0.1, -0.05) is 18.2 Å². The molecule has 0 bridgehead atoms. The van der Waals surface area contributed by atoms with Crippen molar-refractivity contribution in [1.29, 1.82) is 0 Å². The van der Waals surface area contributed by atoms with Crippen LogP contribution in [0.4, 0.5) is 47.1 Å². The predicted molar refractivity (Wildman–Crippen MR) is 216 cm³/mol. The number of rotatable bonds is 25. The maximum atomic E-state index is 12.6. The molecule has 0 saturated carbocycles. The number of benzene rings is 2. The van der Waals surface area contributed by atoms with Crippen LogP contribution < -0.4 is 36.1 Å². The van der Waals surface area contributed by atoms with Crippen LogP contribution >= 0.6 is 0 Å². The summed E-state index contributed by atoms with van der Waals surface area (Å²) in [6, 6.07) is 7.98. The van der Waals surface area contributed by atoms with Gasteiger partial charge in [-0.2, -0.15) is 42.5 Å². The van der Waals surface area contributed by atoms with Gasteiger partial charge in [0.15, 0.2) is 5.75 Å². The smallest absolute Gasteiger partial charge is 0.357 e. The number of hydrogen-bond donors (Lipinski definition) is 16. The molecule has 2 aromatic heterocycles. The Labute approximate surface area is 343 Å². The highest BCUT2D eigenvalue weighted by molar-refractivity contribution is 7.86. The highest BCUT2D eigenvalue weighted by atomic mass is 32.2. The molecule has 16 N–H and O–H groups in total. The second kappa shape index (κ2) is 22.8. The minimum Gasteiger partial charge on any atom is -0.394 e. The molecule has 0 aliphatic carbocycles. The van der Waals surface area contributed by atoms with E-state index in [9.17, 15) is 42.2 Å².